The van der Waals surface area contributed by atoms with Gasteiger partial charge in [-0.1, -0.05) is 16.4 Å². The van der Waals surface area contributed by atoms with Crippen LogP contribution in [0.1, 0.15) is 66.5 Å². The third-order valence-corrected chi connectivity index (χ3v) is 5.79. The number of oxime groups is 2. The van der Waals surface area contributed by atoms with Gasteiger partial charge in [0.2, 0.25) is 0 Å². The standard InChI is InChI=1S/C24H30N4O2/c1-16-12-18(3)25-22(13-16)19(4)27-29-14-24(10-11-24)15-30-28-21-7-5-6-20-9-8-17(2)26-23(20)21/h8-9,12-13H,5-7,10-11,14-15H2,1-4H3. The Labute approximate surface area is 178 Å². The van der Waals surface area contributed by atoms with Crippen molar-refractivity contribution in [2.75, 3.05) is 13.2 Å². The summed E-state index contributed by atoms with van der Waals surface area (Å²) >= 11 is 0. The molecule has 2 aromatic rings. The normalized spacial score (nSPS) is 18.8. The van der Waals surface area contributed by atoms with Gasteiger partial charge in [0.15, 0.2) is 0 Å². The van der Waals surface area contributed by atoms with Crippen molar-refractivity contribution in [1.29, 1.82) is 0 Å². The summed E-state index contributed by atoms with van der Waals surface area (Å²) in [6.07, 6.45) is 5.21. The van der Waals surface area contributed by atoms with Gasteiger partial charge >= 0.3 is 0 Å². The van der Waals surface area contributed by atoms with Gasteiger partial charge in [-0.3, -0.25) is 9.97 Å². The first-order chi connectivity index (χ1) is 14.4. The molecule has 0 saturated heterocycles. The Morgan fingerprint density at radius 1 is 1.00 bits per heavy atom. The third-order valence-electron chi connectivity index (χ3n) is 5.79. The molecular formula is C24H30N4O2. The molecule has 0 amide bonds. The number of rotatable bonds is 7. The monoisotopic (exact) mass is 406 g/mol. The molecule has 0 aromatic carbocycles. The van der Waals surface area contributed by atoms with Gasteiger partial charge in [0.05, 0.1) is 11.4 Å². The van der Waals surface area contributed by atoms with E-state index in [9.17, 15) is 0 Å². The second kappa shape index (κ2) is 8.54. The minimum Gasteiger partial charge on any atom is -0.395 e. The lowest BCUT2D eigenvalue weighted by atomic mass is 9.94. The number of hydrogen-bond acceptors (Lipinski definition) is 6. The van der Waals surface area contributed by atoms with Gasteiger partial charge in [-0.25, -0.2) is 0 Å². The van der Waals surface area contributed by atoms with Crippen molar-refractivity contribution < 1.29 is 9.68 Å². The smallest absolute Gasteiger partial charge is 0.126 e. The SMILES string of the molecule is CC(=NOCC1(CON=C2CCCc3ccc(C)nc32)CC1)c1cc(C)cc(C)n1. The maximum absolute atomic E-state index is 5.78. The zero-order valence-corrected chi connectivity index (χ0v) is 18.4. The van der Waals surface area contributed by atoms with Gasteiger partial charge in [0.1, 0.15) is 24.6 Å². The second-order valence-corrected chi connectivity index (χ2v) is 8.75. The van der Waals surface area contributed by atoms with Crippen LogP contribution in [0.15, 0.2) is 34.6 Å². The molecule has 0 radical (unpaired) electrons. The molecule has 2 aromatic heterocycles. The summed E-state index contributed by atoms with van der Waals surface area (Å²) in [6, 6.07) is 8.30. The van der Waals surface area contributed by atoms with Crippen LogP contribution in [0.25, 0.3) is 0 Å². The van der Waals surface area contributed by atoms with E-state index in [2.05, 4.69) is 45.4 Å². The molecule has 4 rings (SSSR count). The summed E-state index contributed by atoms with van der Waals surface area (Å²) in [4.78, 5) is 20.7. The Morgan fingerprint density at radius 3 is 2.57 bits per heavy atom. The molecule has 1 fully saturated rings. The summed E-state index contributed by atoms with van der Waals surface area (Å²) < 4.78 is 0. The average Bonchev–Trinajstić information content (AvgIpc) is 3.47. The highest BCUT2D eigenvalue weighted by atomic mass is 16.6. The van der Waals surface area contributed by atoms with E-state index in [1.807, 2.05) is 26.8 Å². The van der Waals surface area contributed by atoms with E-state index in [1.54, 1.807) is 0 Å². The summed E-state index contributed by atoms with van der Waals surface area (Å²) in [7, 11) is 0. The first-order valence-electron chi connectivity index (χ1n) is 10.7. The van der Waals surface area contributed by atoms with Crippen molar-refractivity contribution in [3.05, 3.63) is 58.2 Å². The Bertz CT molecular complexity index is 972. The lowest BCUT2D eigenvalue weighted by molar-refractivity contribution is 0.0318. The Morgan fingerprint density at radius 2 is 1.80 bits per heavy atom. The van der Waals surface area contributed by atoms with E-state index in [-0.39, 0.29) is 5.41 Å². The van der Waals surface area contributed by atoms with Crippen molar-refractivity contribution in [2.45, 2.75) is 59.8 Å². The Balaban J connectivity index is 1.33. The molecule has 0 aliphatic heterocycles. The first kappa shape index (κ1) is 20.5. The minimum atomic E-state index is 0.0152. The van der Waals surface area contributed by atoms with E-state index in [4.69, 9.17) is 9.68 Å². The zero-order chi connectivity index (χ0) is 21.1. The van der Waals surface area contributed by atoms with Crippen LogP contribution < -0.4 is 0 Å². The Hall–Kier alpha value is -2.76. The number of hydrogen-bond donors (Lipinski definition) is 0. The fourth-order valence-corrected chi connectivity index (χ4v) is 3.78. The lowest BCUT2D eigenvalue weighted by Crippen LogP contribution is -2.18. The van der Waals surface area contributed by atoms with Crippen molar-refractivity contribution in [2.24, 2.45) is 15.7 Å². The maximum Gasteiger partial charge on any atom is 0.126 e. The fourth-order valence-electron chi connectivity index (χ4n) is 3.78. The molecular weight excluding hydrogens is 376 g/mol. The van der Waals surface area contributed by atoms with Crippen molar-refractivity contribution in [1.82, 2.24) is 9.97 Å². The molecule has 2 heterocycles. The van der Waals surface area contributed by atoms with Crippen LogP contribution in [0.2, 0.25) is 0 Å². The van der Waals surface area contributed by atoms with E-state index < -0.39 is 0 Å². The summed E-state index contributed by atoms with van der Waals surface area (Å²) in [5, 5.41) is 8.75. The zero-order valence-electron chi connectivity index (χ0n) is 18.4. The van der Waals surface area contributed by atoms with Crippen LogP contribution in [0, 0.1) is 26.2 Å². The van der Waals surface area contributed by atoms with Crippen LogP contribution >= 0.6 is 0 Å². The summed E-state index contributed by atoms with van der Waals surface area (Å²) in [5.74, 6) is 0. The van der Waals surface area contributed by atoms with E-state index in [0.717, 1.165) is 66.3 Å². The van der Waals surface area contributed by atoms with Gasteiger partial charge in [-0.15, -0.1) is 0 Å². The largest absolute Gasteiger partial charge is 0.395 e. The highest BCUT2D eigenvalue weighted by Crippen LogP contribution is 2.46. The first-order valence-corrected chi connectivity index (χ1v) is 10.7. The molecule has 6 heteroatoms. The second-order valence-electron chi connectivity index (χ2n) is 8.75. The number of fused-ring (bicyclic) bond motifs is 1. The van der Waals surface area contributed by atoms with Crippen LogP contribution in [0.5, 0.6) is 0 Å². The predicted molar refractivity (Wildman–Crippen MR) is 118 cm³/mol. The highest BCUT2D eigenvalue weighted by Gasteiger charge is 2.45. The maximum atomic E-state index is 5.78. The van der Waals surface area contributed by atoms with Gasteiger partial charge < -0.3 is 9.68 Å². The topological polar surface area (TPSA) is 69.0 Å². The van der Waals surface area contributed by atoms with Crippen LogP contribution in [-0.2, 0) is 16.1 Å². The fraction of sp³-hybridized carbons (Fsp3) is 0.500. The lowest BCUT2D eigenvalue weighted by Gasteiger charge is -2.18. The average molecular weight is 407 g/mol. The van der Waals surface area contributed by atoms with Gasteiger partial charge in [0, 0.05) is 16.8 Å². The number of aryl methyl sites for hydroxylation is 4. The van der Waals surface area contributed by atoms with Gasteiger partial charge in [-0.2, -0.15) is 0 Å². The van der Waals surface area contributed by atoms with Crippen molar-refractivity contribution >= 4 is 11.4 Å². The van der Waals surface area contributed by atoms with Gasteiger partial charge in [0.25, 0.3) is 0 Å². The van der Waals surface area contributed by atoms with E-state index in [1.165, 1.54) is 11.1 Å². The van der Waals surface area contributed by atoms with Crippen LogP contribution in [-0.4, -0.2) is 34.6 Å². The van der Waals surface area contributed by atoms with Crippen LogP contribution in [0.4, 0.5) is 0 Å². The molecule has 1 saturated carbocycles. The predicted octanol–water partition coefficient (Wildman–Crippen LogP) is 4.68. The number of aromatic nitrogens is 2. The molecule has 0 atom stereocenters. The quantitative estimate of drug-likeness (QED) is 0.494. The third kappa shape index (κ3) is 4.86. The number of nitrogens with zero attached hydrogens (tertiary/aromatic N) is 4. The molecule has 0 unspecified atom stereocenters. The summed E-state index contributed by atoms with van der Waals surface area (Å²) in [5.41, 5.74) is 8.08. The number of pyridine rings is 2. The molecule has 2 aliphatic carbocycles. The van der Waals surface area contributed by atoms with E-state index in [0.29, 0.717) is 13.2 Å². The molecule has 6 nitrogen and oxygen atoms in total. The molecule has 0 bridgehead atoms. The van der Waals surface area contributed by atoms with Crippen LogP contribution in [0.3, 0.4) is 0 Å². The van der Waals surface area contributed by atoms with Gasteiger partial charge in [-0.05, 0) is 89.1 Å². The minimum absolute atomic E-state index is 0.0152. The summed E-state index contributed by atoms with van der Waals surface area (Å²) in [6.45, 7) is 9.08. The molecule has 30 heavy (non-hydrogen) atoms. The van der Waals surface area contributed by atoms with Crippen molar-refractivity contribution in [3.63, 3.8) is 0 Å². The highest BCUT2D eigenvalue weighted by molar-refractivity contribution is 6.00. The Kier molecular flexibility index (Phi) is 5.84. The molecule has 2 aliphatic rings. The molecule has 0 spiro atoms. The molecule has 158 valence electrons. The molecule has 0 N–H and O–H groups in total. The van der Waals surface area contributed by atoms with E-state index >= 15 is 0 Å². The van der Waals surface area contributed by atoms with Crippen molar-refractivity contribution in [3.8, 4) is 0 Å².